The molecule has 1 aromatic rings. The van der Waals surface area contributed by atoms with Crippen LogP contribution in [0.5, 0.6) is 0 Å². The molecule has 0 amide bonds. The summed E-state index contributed by atoms with van der Waals surface area (Å²) in [6.45, 7) is 0. The molecule has 10 heavy (non-hydrogen) atoms. The van der Waals surface area contributed by atoms with Crippen LogP contribution in [0.25, 0.3) is 0 Å². The van der Waals surface area contributed by atoms with Gasteiger partial charge in [0.05, 0.1) is 0 Å². The smallest absolute Gasteiger partial charge is 0.0350 e. The number of terminal acetylenes is 1. The third-order valence-electron chi connectivity index (χ3n) is 1.32. The summed E-state index contributed by atoms with van der Waals surface area (Å²) in [6, 6.07) is 7.74. The van der Waals surface area contributed by atoms with Crippen LogP contribution in [0.4, 0.5) is 5.69 Å². The molecule has 0 aliphatic carbocycles. The second-order valence-electron chi connectivity index (χ2n) is 1.98. The van der Waals surface area contributed by atoms with Crippen LogP contribution in [0.2, 0.25) is 0 Å². The third kappa shape index (κ3) is 1.29. The maximum absolute atomic E-state index is 5.20. The Morgan fingerprint density at radius 2 is 2.30 bits per heavy atom. The van der Waals surface area contributed by atoms with Gasteiger partial charge in [0.1, 0.15) is 0 Å². The molecule has 0 unspecified atom stereocenters. The normalized spacial score (nSPS) is 8.40. The molecule has 1 nitrogen and oxygen atoms in total. The second kappa shape index (κ2) is 2.93. The van der Waals surface area contributed by atoms with E-state index in [4.69, 9.17) is 6.42 Å². The highest BCUT2D eigenvalue weighted by Gasteiger charge is 1.87. The van der Waals surface area contributed by atoms with Crippen LogP contribution >= 0.6 is 0 Å². The Morgan fingerprint density at radius 1 is 1.50 bits per heavy atom. The Kier molecular flexibility index (Phi) is 1.96. The fourth-order valence-electron chi connectivity index (χ4n) is 0.764. The van der Waals surface area contributed by atoms with E-state index in [1.165, 1.54) is 0 Å². The first-order chi connectivity index (χ1) is 4.86. The SMILES string of the molecule is C#Cc1cccc(NC)c1. The van der Waals surface area contributed by atoms with Gasteiger partial charge in [-0.2, -0.15) is 0 Å². The molecule has 0 heterocycles. The zero-order valence-corrected chi connectivity index (χ0v) is 5.89. The first-order valence-corrected chi connectivity index (χ1v) is 3.11. The van der Waals surface area contributed by atoms with Crippen LogP contribution in [-0.2, 0) is 0 Å². The highest BCUT2D eigenvalue weighted by molar-refractivity contribution is 5.49. The molecule has 0 atom stereocenters. The monoisotopic (exact) mass is 131 g/mol. The standard InChI is InChI=1S/C9H9N/c1-3-8-5-4-6-9(7-8)10-2/h1,4-7,10H,2H3. The van der Waals surface area contributed by atoms with Gasteiger partial charge in [-0.15, -0.1) is 6.42 Å². The minimum atomic E-state index is 0.909. The highest BCUT2D eigenvalue weighted by atomic mass is 14.8. The van der Waals surface area contributed by atoms with E-state index in [9.17, 15) is 0 Å². The van der Waals surface area contributed by atoms with E-state index >= 15 is 0 Å². The summed E-state index contributed by atoms with van der Waals surface area (Å²) in [7, 11) is 1.87. The summed E-state index contributed by atoms with van der Waals surface area (Å²) in [4.78, 5) is 0. The molecule has 1 heteroatoms. The lowest BCUT2D eigenvalue weighted by atomic mass is 10.2. The first kappa shape index (κ1) is 6.70. The maximum atomic E-state index is 5.20. The number of hydrogen-bond acceptors (Lipinski definition) is 1. The zero-order valence-electron chi connectivity index (χ0n) is 5.89. The number of anilines is 1. The topological polar surface area (TPSA) is 12.0 Å². The van der Waals surface area contributed by atoms with Gasteiger partial charge in [0.2, 0.25) is 0 Å². The molecular formula is C9H9N. The zero-order chi connectivity index (χ0) is 7.40. The number of rotatable bonds is 1. The Balaban J connectivity index is 3.01. The molecule has 0 bridgehead atoms. The van der Waals surface area contributed by atoms with Crippen molar-refractivity contribution in [2.45, 2.75) is 0 Å². The maximum Gasteiger partial charge on any atom is 0.0350 e. The summed E-state index contributed by atoms with van der Waals surface area (Å²) >= 11 is 0. The molecule has 50 valence electrons. The molecule has 0 aliphatic heterocycles. The van der Waals surface area contributed by atoms with Gasteiger partial charge in [0, 0.05) is 18.3 Å². The van der Waals surface area contributed by atoms with E-state index in [1.807, 2.05) is 31.3 Å². The predicted octanol–water partition coefficient (Wildman–Crippen LogP) is 1.71. The van der Waals surface area contributed by atoms with Gasteiger partial charge in [0.25, 0.3) is 0 Å². The molecule has 1 aromatic carbocycles. The molecule has 0 saturated heterocycles. The van der Waals surface area contributed by atoms with Gasteiger partial charge in [-0.25, -0.2) is 0 Å². The van der Waals surface area contributed by atoms with E-state index in [1.54, 1.807) is 0 Å². The summed E-state index contributed by atoms with van der Waals surface area (Å²) in [6.07, 6.45) is 5.20. The minimum absolute atomic E-state index is 0.909. The molecule has 0 radical (unpaired) electrons. The van der Waals surface area contributed by atoms with Crippen molar-refractivity contribution in [1.82, 2.24) is 0 Å². The largest absolute Gasteiger partial charge is 0.388 e. The van der Waals surface area contributed by atoms with E-state index in [-0.39, 0.29) is 0 Å². The molecular weight excluding hydrogens is 122 g/mol. The van der Waals surface area contributed by atoms with Crippen LogP contribution in [-0.4, -0.2) is 7.05 Å². The van der Waals surface area contributed by atoms with Gasteiger partial charge < -0.3 is 5.32 Å². The summed E-state index contributed by atoms with van der Waals surface area (Å²) in [5.74, 6) is 2.56. The van der Waals surface area contributed by atoms with Crippen LogP contribution < -0.4 is 5.32 Å². The second-order valence-corrected chi connectivity index (χ2v) is 1.98. The van der Waals surface area contributed by atoms with E-state index < -0.39 is 0 Å². The number of hydrogen-bond donors (Lipinski definition) is 1. The van der Waals surface area contributed by atoms with Gasteiger partial charge in [-0.3, -0.25) is 0 Å². The fraction of sp³-hybridized carbons (Fsp3) is 0.111. The number of benzene rings is 1. The quantitative estimate of drug-likeness (QED) is 0.572. The average molecular weight is 131 g/mol. The van der Waals surface area contributed by atoms with Gasteiger partial charge in [0.15, 0.2) is 0 Å². The van der Waals surface area contributed by atoms with Crippen molar-refractivity contribution in [3.8, 4) is 12.3 Å². The van der Waals surface area contributed by atoms with E-state index in [2.05, 4.69) is 11.2 Å². The molecule has 1 rings (SSSR count). The molecule has 0 saturated carbocycles. The minimum Gasteiger partial charge on any atom is -0.388 e. The molecule has 0 aromatic heterocycles. The van der Waals surface area contributed by atoms with Crippen molar-refractivity contribution in [2.24, 2.45) is 0 Å². The highest BCUT2D eigenvalue weighted by Crippen LogP contribution is 2.07. The van der Waals surface area contributed by atoms with Crippen LogP contribution in [0.15, 0.2) is 24.3 Å². The van der Waals surface area contributed by atoms with Gasteiger partial charge >= 0.3 is 0 Å². The Hall–Kier alpha value is -1.42. The number of nitrogens with one attached hydrogen (secondary N) is 1. The van der Waals surface area contributed by atoms with Crippen molar-refractivity contribution in [3.63, 3.8) is 0 Å². The van der Waals surface area contributed by atoms with Gasteiger partial charge in [-0.1, -0.05) is 12.0 Å². The van der Waals surface area contributed by atoms with Crippen molar-refractivity contribution < 1.29 is 0 Å². The average Bonchev–Trinajstić information content (AvgIpc) is 2.05. The van der Waals surface area contributed by atoms with E-state index in [0.717, 1.165) is 11.3 Å². The Bertz CT molecular complexity index is 258. The molecule has 0 fully saturated rings. The molecule has 0 spiro atoms. The Labute approximate surface area is 61.1 Å². The summed E-state index contributed by atoms with van der Waals surface area (Å²) < 4.78 is 0. The fourth-order valence-corrected chi connectivity index (χ4v) is 0.764. The molecule has 1 N–H and O–H groups in total. The van der Waals surface area contributed by atoms with Crippen molar-refractivity contribution in [2.75, 3.05) is 12.4 Å². The van der Waals surface area contributed by atoms with Crippen LogP contribution in [0, 0.1) is 12.3 Å². The lowest BCUT2D eigenvalue weighted by Crippen LogP contribution is -1.87. The van der Waals surface area contributed by atoms with Crippen molar-refractivity contribution in [3.05, 3.63) is 29.8 Å². The first-order valence-electron chi connectivity index (χ1n) is 3.11. The summed E-state index contributed by atoms with van der Waals surface area (Å²) in [5, 5.41) is 3.01. The lowest BCUT2D eigenvalue weighted by molar-refractivity contribution is 1.50. The van der Waals surface area contributed by atoms with Crippen LogP contribution in [0.3, 0.4) is 0 Å². The van der Waals surface area contributed by atoms with Crippen LogP contribution in [0.1, 0.15) is 5.56 Å². The molecule has 0 aliphatic rings. The van der Waals surface area contributed by atoms with Gasteiger partial charge in [-0.05, 0) is 18.2 Å². The Morgan fingerprint density at radius 3 is 2.90 bits per heavy atom. The summed E-state index contributed by atoms with van der Waals surface area (Å²) in [5.41, 5.74) is 1.96. The predicted molar refractivity (Wildman–Crippen MR) is 43.9 cm³/mol. The van der Waals surface area contributed by atoms with E-state index in [0.29, 0.717) is 0 Å². The third-order valence-corrected chi connectivity index (χ3v) is 1.32. The van der Waals surface area contributed by atoms with Crippen molar-refractivity contribution in [1.29, 1.82) is 0 Å². The van der Waals surface area contributed by atoms with Crippen molar-refractivity contribution >= 4 is 5.69 Å². The lowest BCUT2D eigenvalue weighted by Gasteiger charge is -1.97.